The SMILES string of the molecule is CC1CN(Cn2nc(-c3ccccc3)n(-c3ccc(F)cc3)c2=S)CC(C)O1. The van der Waals surface area contributed by atoms with Crippen LogP contribution in [0.3, 0.4) is 0 Å². The lowest BCUT2D eigenvalue weighted by Crippen LogP contribution is -2.46. The van der Waals surface area contributed by atoms with E-state index in [0.29, 0.717) is 11.4 Å². The molecule has 28 heavy (non-hydrogen) atoms. The fraction of sp³-hybridized carbons (Fsp3) is 0.333. The molecule has 0 bridgehead atoms. The fourth-order valence-corrected chi connectivity index (χ4v) is 3.98. The number of hydrogen-bond acceptors (Lipinski definition) is 4. The number of benzene rings is 2. The second kappa shape index (κ2) is 7.95. The van der Waals surface area contributed by atoms with Gasteiger partial charge < -0.3 is 4.74 Å². The van der Waals surface area contributed by atoms with Crippen molar-refractivity contribution in [1.82, 2.24) is 19.2 Å². The summed E-state index contributed by atoms with van der Waals surface area (Å²) in [6.07, 6.45) is 0.344. The predicted molar refractivity (Wildman–Crippen MR) is 109 cm³/mol. The molecule has 4 rings (SSSR count). The molecule has 2 unspecified atom stereocenters. The first-order chi connectivity index (χ1) is 13.5. The summed E-state index contributed by atoms with van der Waals surface area (Å²) in [7, 11) is 0. The summed E-state index contributed by atoms with van der Waals surface area (Å²) in [6, 6.07) is 16.2. The molecule has 3 aromatic rings. The Kier molecular flexibility index (Phi) is 5.39. The van der Waals surface area contributed by atoms with Crippen molar-refractivity contribution < 1.29 is 9.13 Å². The molecule has 1 aliphatic heterocycles. The minimum Gasteiger partial charge on any atom is -0.373 e. The number of ether oxygens (including phenoxy) is 1. The van der Waals surface area contributed by atoms with Gasteiger partial charge in [-0.25, -0.2) is 9.07 Å². The number of aromatic nitrogens is 3. The van der Waals surface area contributed by atoms with Gasteiger partial charge in [-0.15, -0.1) is 5.10 Å². The van der Waals surface area contributed by atoms with Crippen molar-refractivity contribution in [1.29, 1.82) is 0 Å². The highest BCUT2D eigenvalue weighted by molar-refractivity contribution is 7.71. The molecule has 0 saturated carbocycles. The van der Waals surface area contributed by atoms with Gasteiger partial charge in [-0.05, 0) is 50.3 Å². The molecule has 0 amide bonds. The molecule has 0 aliphatic carbocycles. The zero-order chi connectivity index (χ0) is 19.7. The topological polar surface area (TPSA) is 35.2 Å². The van der Waals surface area contributed by atoms with Crippen LogP contribution in [0.25, 0.3) is 17.1 Å². The molecule has 146 valence electrons. The van der Waals surface area contributed by atoms with Gasteiger partial charge in [0.1, 0.15) is 5.82 Å². The van der Waals surface area contributed by atoms with Gasteiger partial charge in [0.05, 0.1) is 24.6 Å². The third kappa shape index (κ3) is 3.92. The lowest BCUT2D eigenvalue weighted by atomic mass is 10.2. The fourth-order valence-electron chi connectivity index (χ4n) is 3.69. The smallest absolute Gasteiger partial charge is 0.204 e. The average Bonchev–Trinajstić information content (AvgIpc) is 2.99. The van der Waals surface area contributed by atoms with Crippen molar-refractivity contribution in [2.45, 2.75) is 32.7 Å². The van der Waals surface area contributed by atoms with Crippen LogP contribution in [0.15, 0.2) is 54.6 Å². The summed E-state index contributed by atoms with van der Waals surface area (Å²) in [5.41, 5.74) is 1.75. The number of rotatable bonds is 4. The van der Waals surface area contributed by atoms with Crippen LogP contribution in [0.2, 0.25) is 0 Å². The first-order valence-corrected chi connectivity index (χ1v) is 9.81. The van der Waals surface area contributed by atoms with Crippen LogP contribution in [-0.2, 0) is 11.4 Å². The molecular formula is C21H23FN4OS. The van der Waals surface area contributed by atoms with Crippen LogP contribution >= 0.6 is 12.2 Å². The number of nitrogens with zero attached hydrogens (tertiary/aromatic N) is 4. The first-order valence-electron chi connectivity index (χ1n) is 9.40. The second-order valence-corrected chi connectivity index (χ2v) is 7.58. The first kappa shape index (κ1) is 19.0. The lowest BCUT2D eigenvalue weighted by Gasteiger charge is -2.34. The maximum atomic E-state index is 13.4. The van der Waals surface area contributed by atoms with Gasteiger partial charge in [-0.1, -0.05) is 30.3 Å². The van der Waals surface area contributed by atoms with Gasteiger partial charge in [0.25, 0.3) is 0 Å². The molecule has 0 N–H and O–H groups in total. The highest BCUT2D eigenvalue weighted by Gasteiger charge is 2.24. The zero-order valence-electron chi connectivity index (χ0n) is 16.0. The Balaban J connectivity index is 1.76. The van der Waals surface area contributed by atoms with E-state index in [1.165, 1.54) is 12.1 Å². The molecular weight excluding hydrogens is 375 g/mol. The Morgan fingerprint density at radius 1 is 1.04 bits per heavy atom. The van der Waals surface area contributed by atoms with E-state index in [9.17, 15) is 4.39 Å². The van der Waals surface area contributed by atoms with E-state index in [4.69, 9.17) is 22.1 Å². The van der Waals surface area contributed by atoms with Gasteiger partial charge >= 0.3 is 0 Å². The Labute approximate surface area is 169 Å². The minimum absolute atomic E-state index is 0.172. The summed E-state index contributed by atoms with van der Waals surface area (Å²) in [4.78, 5) is 2.30. The van der Waals surface area contributed by atoms with Crippen LogP contribution in [0.5, 0.6) is 0 Å². The van der Waals surface area contributed by atoms with E-state index < -0.39 is 0 Å². The van der Waals surface area contributed by atoms with Crippen molar-refractivity contribution in [3.63, 3.8) is 0 Å². The van der Waals surface area contributed by atoms with Crippen LogP contribution in [-0.4, -0.2) is 44.5 Å². The van der Waals surface area contributed by atoms with Crippen molar-refractivity contribution in [2.24, 2.45) is 0 Å². The van der Waals surface area contributed by atoms with Gasteiger partial charge in [-0.2, -0.15) is 0 Å². The maximum Gasteiger partial charge on any atom is 0.204 e. The van der Waals surface area contributed by atoms with Crippen molar-refractivity contribution in [3.8, 4) is 17.1 Å². The summed E-state index contributed by atoms with van der Waals surface area (Å²) in [5, 5.41) is 4.82. The molecule has 5 nitrogen and oxygen atoms in total. The van der Waals surface area contributed by atoms with Gasteiger partial charge in [0.2, 0.25) is 4.77 Å². The number of halogens is 1. The van der Waals surface area contributed by atoms with Crippen LogP contribution in [0.1, 0.15) is 13.8 Å². The third-order valence-corrected chi connectivity index (χ3v) is 5.18. The number of hydrogen-bond donors (Lipinski definition) is 0. The van der Waals surface area contributed by atoms with E-state index in [-0.39, 0.29) is 18.0 Å². The van der Waals surface area contributed by atoms with Crippen molar-refractivity contribution >= 4 is 12.2 Å². The van der Waals surface area contributed by atoms with Crippen LogP contribution < -0.4 is 0 Å². The Morgan fingerprint density at radius 3 is 2.32 bits per heavy atom. The third-order valence-electron chi connectivity index (χ3n) is 4.79. The summed E-state index contributed by atoms with van der Waals surface area (Å²) >= 11 is 5.77. The average molecular weight is 399 g/mol. The quantitative estimate of drug-likeness (QED) is 0.615. The standard InChI is InChI=1S/C21H23FN4OS/c1-15-12-24(13-16(2)27-15)14-25-21(28)26(19-10-8-18(22)9-11-19)20(23-25)17-6-4-3-5-7-17/h3-11,15-16H,12-14H2,1-2H3. The molecule has 1 aromatic heterocycles. The summed E-state index contributed by atoms with van der Waals surface area (Å²) in [5.74, 6) is 0.465. The second-order valence-electron chi connectivity index (χ2n) is 7.22. The van der Waals surface area contributed by atoms with Gasteiger partial charge in [0, 0.05) is 18.7 Å². The van der Waals surface area contributed by atoms with E-state index in [0.717, 1.165) is 30.2 Å². The predicted octanol–water partition coefficient (Wildman–Crippen LogP) is 4.28. The van der Waals surface area contributed by atoms with Crippen LogP contribution in [0, 0.1) is 10.6 Å². The molecule has 2 heterocycles. The monoisotopic (exact) mass is 398 g/mol. The lowest BCUT2D eigenvalue weighted by molar-refractivity contribution is -0.0777. The highest BCUT2D eigenvalue weighted by Crippen LogP contribution is 2.23. The zero-order valence-corrected chi connectivity index (χ0v) is 16.8. The van der Waals surface area contributed by atoms with E-state index in [1.54, 1.807) is 12.1 Å². The molecule has 1 fully saturated rings. The maximum absolute atomic E-state index is 13.4. The molecule has 0 spiro atoms. The normalized spacial score (nSPS) is 20.4. The Hall–Kier alpha value is -2.35. The van der Waals surface area contributed by atoms with E-state index in [1.807, 2.05) is 39.6 Å². The van der Waals surface area contributed by atoms with Crippen molar-refractivity contribution in [2.75, 3.05) is 13.1 Å². The van der Waals surface area contributed by atoms with Crippen molar-refractivity contribution in [3.05, 3.63) is 65.2 Å². The Bertz CT molecular complexity index is 989. The highest BCUT2D eigenvalue weighted by atomic mass is 32.1. The summed E-state index contributed by atoms with van der Waals surface area (Å²) < 4.78 is 23.6. The number of morpholine rings is 1. The molecule has 1 saturated heterocycles. The van der Waals surface area contributed by atoms with Gasteiger partial charge in [0.15, 0.2) is 5.82 Å². The largest absolute Gasteiger partial charge is 0.373 e. The molecule has 2 aromatic carbocycles. The Morgan fingerprint density at radius 2 is 1.68 bits per heavy atom. The summed E-state index contributed by atoms with van der Waals surface area (Å²) in [6.45, 7) is 6.40. The van der Waals surface area contributed by atoms with E-state index in [2.05, 4.69) is 18.7 Å². The van der Waals surface area contributed by atoms with E-state index >= 15 is 0 Å². The molecule has 2 atom stereocenters. The molecule has 0 radical (unpaired) electrons. The van der Waals surface area contributed by atoms with Crippen LogP contribution in [0.4, 0.5) is 4.39 Å². The molecule has 7 heteroatoms. The van der Waals surface area contributed by atoms with Gasteiger partial charge in [-0.3, -0.25) is 9.47 Å². The molecule has 1 aliphatic rings. The minimum atomic E-state index is -0.278.